The highest BCUT2D eigenvalue weighted by atomic mass is 16.5. The van der Waals surface area contributed by atoms with Gasteiger partial charge in [0.1, 0.15) is 6.04 Å². The first-order chi connectivity index (χ1) is 15.3. The lowest BCUT2D eigenvalue weighted by molar-refractivity contribution is 0.0599. The Labute approximate surface area is 182 Å². The Kier molecular flexibility index (Phi) is 7.00. The zero-order valence-electron chi connectivity index (χ0n) is 17.7. The summed E-state index contributed by atoms with van der Waals surface area (Å²) in [4.78, 5) is 40.6. The van der Waals surface area contributed by atoms with Gasteiger partial charge in [0, 0.05) is 12.2 Å². The molecule has 0 fully saturated rings. The van der Waals surface area contributed by atoms with E-state index in [0.29, 0.717) is 16.7 Å². The monoisotopic (exact) mass is 441 g/mol. The molecule has 0 aliphatic carbocycles. The van der Waals surface area contributed by atoms with Crippen LogP contribution in [-0.4, -0.2) is 59.9 Å². The number of aromatic nitrogens is 2. The standard InChI is InChI=1S/C21H23N5O6/c1-11(27)18(10-22-14-4-5-16-17(9-14)24-21(30)23-16)26-25-15-7-12(19(28)31-2)6-13(8-15)20(29)32-3/h4-9,11,18,22,27H,10H2,1-3H3,(H2,23,24,30). The van der Waals surface area contributed by atoms with Crippen molar-refractivity contribution in [2.24, 2.45) is 10.2 Å². The van der Waals surface area contributed by atoms with Crippen molar-refractivity contribution in [2.45, 2.75) is 19.1 Å². The molecule has 11 heteroatoms. The Bertz CT molecular complexity index is 1180. The third kappa shape index (κ3) is 5.38. The van der Waals surface area contributed by atoms with Crippen LogP contribution in [0, 0.1) is 0 Å². The number of aromatic amines is 2. The number of nitrogens with one attached hydrogen (secondary N) is 3. The second kappa shape index (κ2) is 9.88. The van der Waals surface area contributed by atoms with E-state index in [2.05, 4.69) is 25.5 Å². The van der Waals surface area contributed by atoms with Crippen LogP contribution >= 0.6 is 0 Å². The van der Waals surface area contributed by atoms with Crippen molar-refractivity contribution in [3.63, 3.8) is 0 Å². The lowest BCUT2D eigenvalue weighted by atomic mass is 10.1. The summed E-state index contributed by atoms with van der Waals surface area (Å²) in [5.41, 5.74) is 2.20. The van der Waals surface area contributed by atoms with Crippen LogP contribution in [-0.2, 0) is 9.47 Å². The van der Waals surface area contributed by atoms with Crippen molar-refractivity contribution < 1.29 is 24.2 Å². The molecule has 2 atom stereocenters. The minimum Gasteiger partial charge on any atom is -0.465 e. The number of benzene rings is 2. The minimum atomic E-state index is -0.842. The molecular formula is C21H23N5O6. The smallest absolute Gasteiger partial charge is 0.337 e. The van der Waals surface area contributed by atoms with E-state index >= 15 is 0 Å². The number of carbonyl (C=O) groups excluding carboxylic acids is 2. The van der Waals surface area contributed by atoms with Crippen LogP contribution in [0.15, 0.2) is 51.4 Å². The molecule has 2 aromatic carbocycles. The van der Waals surface area contributed by atoms with Crippen molar-refractivity contribution in [2.75, 3.05) is 26.1 Å². The van der Waals surface area contributed by atoms with Crippen molar-refractivity contribution in [1.82, 2.24) is 9.97 Å². The van der Waals surface area contributed by atoms with Gasteiger partial charge in [-0.2, -0.15) is 10.2 Å². The number of azo groups is 1. The molecule has 0 spiro atoms. The van der Waals surface area contributed by atoms with Gasteiger partial charge in [-0.1, -0.05) is 0 Å². The first kappa shape index (κ1) is 22.7. The van der Waals surface area contributed by atoms with E-state index in [0.717, 1.165) is 0 Å². The van der Waals surface area contributed by atoms with Gasteiger partial charge in [-0.25, -0.2) is 14.4 Å². The number of carbonyl (C=O) groups is 2. The molecule has 1 heterocycles. The zero-order valence-corrected chi connectivity index (χ0v) is 17.7. The molecule has 32 heavy (non-hydrogen) atoms. The Morgan fingerprint density at radius 2 is 1.66 bits per heavy atom. The van der Waals surface area contributed by atoms with Gasteiger partial charge in [0.05, 0.1) is 48.2 Å². The van der Waals surface area contributed by atoms with E-state index in [1.165, 1.54) is 32.4 Å². The second-order valence-corrected chi connectivity index (χ2v) is 7.00. The predicted octanol–water partition coefficient (Wildman–Crippen LogP) is 2.37. The number of fused-ring (bicyclic) bond motifs is 1. The fourth-order valence-electron chi connectivity index (χ4n) is 2.95. The molecule has 4 N–H and O–H groups in total. The second-order valence-electron chi connectivity index (χ2n) is 7.00. The van der Waals surface area contributed by atoms with E-state index in [1.807, 2.05) is 0 Å². The number of nitrogens with zero attached hydrogens (tertiary/aromatic N) is 2. The Morgan fingerprint density at radius 3 is 2.25 bits per heavy atom. The number of imidazole rings is 1. The summed E-state index contributed by atoms with van der Waals surface area (Å²) in [7, 11) is 2.45. The molecule has 0 amide bonds. The third-order valence-electron chi connectivity index (χ3n) is 4.67. The Hall–Kier alpha value is -3.99. The van der Waals surface area contributed by atoms with Crippen LogP contribution in [0.25, 0.3) is 11.0 Å². The van der Waals surface area contributed by atoms with E-state index in [1.54, 1.807) is 25.1 Å². The first-order valence-corrected chi connectivity index (χ1v) is 9.67. The van der Waals surface area contributed by atoms with Gasteiger partial charge in [-0.15, -0.1) is 0 Å². The molecule has 3 aromatic rings. The fraction of sp³-hybridized carbons (Fsp3) is 0.286. The number of methoxy groups -OCH3 is 2. The normalized spacial score (nSPS) is 13.1. The quantitative estimate of drug-likeness (QED) is 0.308. The SMILES string of the molecule is COC(=O)c1cc(N=NC(CNc2ccc3[nH]c(=O)[nH]c3c2)C(C)O)cc(C(=O)OC)c1. The van der Waals surface area contributed by atoms with E-state index in [9.17, 15) is 19.5 Å². The van der Waals surface area contributed by atoms with Gasteiger partial charge < -0.3 is 29.9 Å². The van der Waals surface area contributed by atoms with Gasteiger partial charge in [-0.05, 0) is 43.3 Å². The summed E-state index contributed by atoms with van der Waals surface area (Å²) in [6, 6.07) is 8.83. The summed E-state index contributed by atoms with van der Waals surface area (Å²) >= 11 is 0. The van der Waals surface area contributed by atoms with E-state index in [-0.39, 0.29) is 29.0 Å². The van der Waals surface area contributed by atoms with Crippen LogP contribution in [0.4, 0.5) is 11.4 Å². The number of ether oxygens (including phenoxy) is 2. The molecule has 0 aliphatic rings. The maximum atomic E-state index is 11.9. The summed E-state index contributed by atoms with van der Waals surface area (Å²) in [5, 5.41) is 21.5. The number of anilines is 1. The van der Waals surface area contributed by atoms with Crippen LogP contribution < -0.4 is 11.0 Å². The average molecular weight is 441 g/mol. The van der Waals surface area contributed by atoms with Crippen LogP contribution in [0.1, 0.15) is 27.6 Å². The molecule has 11 nitrogen and oxygen atoms in total. The fourth-order valence-corrected chi connectivity index (χ4v) is 2.95. The number of hydrogen-bond donors (Lipinski definition) is 4. The van der Waals surface area contributed by atoms with Crippen LogP contribution in [0.2, 0.25) is 0 Å². The van der Waals surface area contributed by atoms with Gasteiger partial charge >= 0.3 is 17.6 Å². The summed E-state index contributed by atoms with van der Waals surface area (Å²) in [6.07, 6.45) is -0.842. The number of H-pyrrole nitrogens is 2. The summed E-state index contributed by atoms with van der Waals surface area (Å²) in [5.74, 6) is -1.28. The van der Waals surface area contributed by atoms with Crippen molar-refractivity contribution >= 4 is 34.3 Å². The highest BCUT2D eigenvalue weighted by Gasteiger charge is 2.16. The van der Waals surface area contributed by atoms with Crippen LogP contribution in [0.3, 0.4) is 0 Å². The van der Waals surface area contributed by atoms with Gasteiger partial charge in [0.15, 0.2) is 0 Å². The van der Waals surface area contributed by atoms with Gasteiger partial charge in [-0.3, -0.25) is 0 Å². The number of esters is 2. The summed E-state index contributed by atoms with van der Waals surface area (Å²) in [6.45, 7) is 1.81. The summed E-state index contributed by atoms with van der Waals surface area (Å²) < 4.78 is 9.41. The maximum absolute atomic E-state index is 11.9. The highest BCUT2D eigenvalue weighted by molar-refractivity contribution is 5.96. The predicted molar refractivity (Wildman–Crippen MR) is 117 cm³/mol. The molecule has 0 aliphatic heterocycles. The van der Waals surface area contributed by atoms with Crippen molar-refractivity contribution in [1.29, 1.82) is 0 Å². The Balaban J connectivity index is 1.79. The molecule has 0 saturated carbocycles. The highest BCUT2D eigenvalue weighted by Crippen LogP contribution is 2.21. The van der Waals surface area contributed by atoms with Gasteiger partial charge in [0.25, 0.3) is 0 Å². The largest absolute Gasteiger partial charge is 0.465 e. The molecule has 2 unspecified atom stereocenters. The molecule has 3 rings (SSSR count). The van der Waals surface area contributed by atoms with Crippen molar-refractivity contribution in [3.8, 4) is 0 Å². The molecule has 0 radical (unpaired) electrons. The molecule has 0 bridgehead atoms. The Morgan fingerprint density at radius 1 is 1.03 bits per heavy atom. The first-order valence-electron chi connectivity index (χ1n) is 9.67. The van der Waals surface area contributed by atoms with Crippen molar-refractivity contribution in [3.05, 3.63) is 58.0 Å². The topological polar surface area (TPSA) is 158 Å². The minimum absolute atomic E-state index is 0.116. The molecule has 1 aromatic heterocycles. The average Bonchev–Trinajstić information content (AvgIpc) is 3.16. The number of aliphatic hydroxyl groups is 1. The molecule has 0 saturated heterocycles. The number of hydrogen-bond acceptors (Lipinski definition) is 9. The number of aliphatic hydroxyl groups excluding tert-OH is 1. The molecular weight excluding hydrogens is 418 g/mol. The lowest BCUT2D eigenvalue weighted by Crippen LogP contribution is -2.28. The number of rotatable bonds is 8. The maximum Gasteiger partial charge on any atom is 0.337 e. The van der Waals surface area contributed by atoms with E-state index in [4.69, 9.17) is 9.47 Å². The zero-order chi connectivity index (χ0) is 23.3. The molecule has 168 valence electrons. The van der Waals surface area contributed by atoms with Gasteiger partial charge in [0.2, 0.25) is 0 Å². The van der Waals surface area contributed by atoms with Crippen LogP contribution in [0.5, 0.6) is 0 Å². The third-order valence-corrected chi connectivity index (χ3v) is 4.67. The van der Waals surface area contributed by atoms with E-state index < -0.39 is 24.1 Å². The lowest BCUT2D eigenvalue weighted by Gasteiger charge is -2.16.